The lowest BCUT2D eigenvalue weighted by Crippen LogP contribution is -2.33. The first kappa shape index (κ1) is 9.09. The molecule has 0 amide bonds. The Bertz CT molecular complexity index is 270. The first-order valence-corrected chi connectivity index (χ1v) is 5.59. The number of thioether (sulfide) groups is 1. The van der Waals surface area contributed by atoms with Crippen molar-refractivity contribution in [2.24, 2.45) is 11.1 Å². The van der Waals surface area contributed by atoms with Crippen molar-refractivity contribution in [3.8, 4) is 0 Å². The van der Waals surface area contributed by atoms with Gasteiger partial charge in [-0.2, -0.15) is 0 Å². The zero-order chi connectivity index (χ0) is 9.26. The molecule has 13 heavy (non-hydrogen) atoms. The molecule has 0 aromatic rings. The van der Waals surface area contributed by atoms with Gasteiger partial charge in [-0.05, 0) is 11.3 Å². The van der Waals surface area contributed by atoms with E-state index < -0.39 is 0 Å². The van der Waals surface area contributed by atoms with Crippen LogP contribution in [0.4, 0.5) is 0 Å². The lowest BCUT2D eigenvalue weighted by atomic mass is 9.96. The highest BCUT2D eigenvalue weighted by Crippen LogP contribution is 2.34. The number of nitrogens with one attached hydrogen (secondary N) is 1. The van der Waals surface area contributed by atoms with Gasteiger partial charge >= 0.3 is 0 Å². The smallest absolute Gasteiger partial charge is 0.0884 e. The van der Waals surface area contributed by atoms with Crippen LogP contribution in [0.5, 0.6) is 0 Å². The van der Waals surface area contributed by atoms with Crippen LogP contribution in [0, 0.1) is 5.92 Å². The van der Waals surface area contributed by atoms with E-state index in [9.17, 15) is 0 Å². The van der Waals surface area contributed by atoms with Crippen molar-refractivity contribution in [2.75, 3.05) is 18.8 Å². The minimum Gasteiger partial charge on any atom is -0.411 e. The summed E-state index contributed by atoms with van der Waals surface area (Å²) in [5, 5.41) is 15.6. The van der Waals surface area contributed by atoms with Crippen molar-refractivity contribution in [3.63, 3.8) is 0 Å². The normalized spacial score (nSPS) is 32.1. The van der Waals surface area contributed by atoms with E-state index in [-0.39, 0.29) is 0 Å². The van der Waals surface area contributed by atoms with E-state index in [2.05, 4.69) is 17.4 Å². The van der Waals surface area contributed by atoms with E-state index in [1.165, 1.54) is 10.5 Å². The Morgan fingerprint density at radius 1 is 1.62 bits per heavy atom. The van der Waals surface area contributed by atoms with Crippen LogP contribution in [-0.4, -0.2) is 29.8 Å². The minimum absolute atomic E-state index is 0.383. The van der Waals surface area contributed by atoms with Crippen molar-refractivity contribution in [3.05, 3.63) is 10.5 Å². The highest BCUT2D eigenvalue weighted by molar-refractivity contribution is 8.03. The molecular formula is C9H14N2OS. The van der Waals surface area contributed by atoms with Gasteiger partial charge in [-0.1, -0.05) is 12.1 Å². The van der Waals surface area contributed by atoms with Crippen LogP contribution in [0.15, 0.2) is 15.6 Å². The fourth-order valence-corrected chi connectivity index (χ4v) is 3.02. The molecule has 2 aliphatic heterocycles. The third-order valence-electron chi connectivity index (χ3n) is 2.56. The highest BCUT2D eigenvalue weighted by Gasteiger charge is 2.27. The molecule has 0 radical (unpaired) electrons. The molecule has 1 unspecified atom stereocenters. The zero-order valence-electron chi connectivity index (χ0n) is 7.71. The van der Waals surface area contributed by atoms with Gasteiger partial charge in [0.25, 0.3) is 0 Å². The van der Waals surface area contributed by atoms with Crippen LogP contribution in [0.3, 0.4) is 0 Å². The number of nitrogens with zero attached hydrogens (tertiary/aromatic N) is 1. The van der Waals surface area contributed by atoms with Gasteiger partial charge in [0.15, 0.2) is 0 Å². The largest absolute Gasteiger partial charge is 0.411 e. The number of oxime groups is 1. The van der Waals surface area contributed by atoms with Crippen molar-refractivity contribution in [1.82, 2.24) is 5.32 Å². The van der Waals surface area contributed by atoms with Crippen LogP contribution in [0.1, 0.15) is 13.3 Å². The molecule has 0 saturated heterocycles. The molecule has 2 heterocycles. The third-order valence-corrected chi connectivity index (χ3v) is 4.02. The summed E-state index contributed by atoms with van der Waals surface area (Å²) in [6.45, 7) is 4.03. The van der Waals surface area contributed by atoms with Gasteiger partial charge in [0.1, 0.15) is 0 Å². The van der Waals surface area contributed by atoms with E-state index in [1.54, 1.807) is 0 Å². The molecule has 2 N–H and O–H groups in total. The Kier molecular flexibility index (Phi) is 2.60. The number of hydrogen-bond acceptors (Lipinski definition) is 4. The van der Waals surface area contributed by atoms with Crippen LogP contribution < -0.4 is 5.32 Å². The molecule has 0 aromatic heterocycles. The molecule has 0 fully saturated rings. The zero-order valence-corrected chi connectivity index (χ0v) is 8.52. The van der Waals surface area contributed by atoms with Crippen LogP contribution in [0.25, 0.3) is 0 Å². The number of hydrogen-bond donors (Lipinski definition) is 2. The summed E-state index contributed by atoms with van der Waals surface area (Å²) in [7, 11) is 0. The maximum absolute atomic E-state index is 8.92. The summed E-state index contributed by atoms with van der Waals surface area (Å²) in [6.07, 6.45) is 1.09. The van der Waals surface area contributed by atoms with Crippen LogP contribution in [-0.2, 0) is 0 Å². The molecule has 4 heteroatoms. The molecule has 2 rings (SSSR count). The average molecular weight is 198 g/mol. The van der Waals surface area contributed by atoms with Crippen LogP contribution >= 0.6 is 11.8 Å². The van der Waals surface area contributed by atoms with Crippen LogP contribution in [0.2, 0.25) is 0 Å². The van der Waals surface area contributed by atoms with E-state index >= 15 is 0 Å². The first-order valence-electron chi connectivity index (χ1n) is 4.60. The molecule has 0 saturated carbocycles. The summed E-state index contributed by atoms with van der Waals surface area (Å²) in [4.78, 5) is 1.42. The lowest BCUT2D eigenvalue weighted by Gasteiger charge is -2.29. The topological polar surface area (TPSA) is 44.6 Å². The maximum Gasteiger partial charge on any atom is 0.0884 e. The first-order chi connectivity index (χ1) is 6.33. The minimum atomic E-state index is 0.383. The molecule has 0 aliphatic carbocycles. The van der Waals surface area contributed by atoms with E-state index in [4.69, 9.17) is 5.21 Å². The standard InChI is InChI=1S/C9H14N2OS/c1-6-5-13-8-2-3-10-4-7(8)9(6)11-12/h6,10,12H,2-5H2,1H3/b11-9+. The van der Waals surface area contributed by atoms with Crippen molar-refractivity contribution in [2.45, 2.75) is 13.3 Å². The Hall–Kier alpha value is -0.480. The van der Waals surface area contributed by atoms with E-state index in [0.717, 1.165) is 31.0 Å². The molecule has 0 spiro atoms. The lowest BCUT2D eigenvalue weighted by molar-refractivity contribution is 0.316. The number of rotatable bonds is 0. The van der Waals surface area contributed by atoms with E-state index in [0.29, 0.717) is 5.92 Å². The van der Waals surface area contributed by atoms with Gasteiger partial charge in [-0.15, -0.1) is 11.8 Å². The Balaban J connectivity index is 2.33. The van der Waals surface area contributed by atoms with Gasteiger partial charge in [0, 0.05) is 30.3 Å². The molecule has 3 nitrogen and oxygen atoms in total. The highest BCUT2D eigenvalue weighted by atomic mass is 32.2. The van der Waals surface area contributed by atoms with E-state index in [1.807, 2.05) is 11.8 Å². The summed E-state index contributed by atoms with van der Waals surface area (Å²) in [5.41, 5.74) is 2.12. The summed E-state index contributed by atoms with van der Waals surface area (Å²) in [5.74, 6) is 1.44. The SMILES string of the molecule is CC1CSC2=C(CNCC2)/C1=N/O. The van der Waals surface area contributed by atoms with Crippen molar-refractivity contribution < 1.29 is 5.21 Å². The molecule has 72 valence electrons. The van der Waals surface area contributed by atoms with Crippen molar-refractivity contribution >= 4 is 17.5 Å². The molecular weight excluding hydrogens is 184 g/mol. The fraction of sp³-hybridized carbons (Fsp3) is 0.667. The second-order valence-electron chi connectivity index (χ2n) is 3.53. The summed E-state index contributed by atoms with van der Waals surface area (Å²) < 4.78 is 0. The summed E-state index contributed by atoms with van der Waals surface area (Å²) >= 11 is 1.92. The second-order valence-corrected chi connectivity index (χ2v) is 4.64. The average Bonchev–Trinajstić information content (AvgIpc) is 2.18. The monoisotopic (exact) mass is 198 g/mol. The van der Waals surface area contributed by atoms with Gasteiger partial charge < -0.3 is 10.5 Å². The Morgan fingerprint density at radius 3 is 3.23 bits per heavy atom. The van der Waals surface area contributed by atoms with Gasteiger partial charge in [0.2, 0.25) is 0 Å². The van der Waals surface area contributed by atoms with Crippen molar-refractivity contribution in [1.29, 1.82) is 0 Å². The second kappa shape index (κ2) is 3.72. The van der Waals surface area contributed by atoms with Gasteiger partial charge in [-0.25, -0.2) is 0 Å². The van der Waals surface area contributed by atoms with Gasteiger partial charge in [-0.3, -0.25) is 0 Å². The molecule has 0 aromatic carbocycles. The quantitative estimate of drug-likeness (QED) is 0.457. The predicted octanol–water partition coefficient (Wildman–Crippen LogP) is 1.45. The third kappa shape index (κ3) is 1.60. The molecule has 0 bridgehead atoms. The predicted molar refractivity (Wildman–Crippen MR) is 55.4 cm³/mol. The molecule has 1 atom stereocenters. The maximum atomic E-state index is 8.92. The Labute approximate surface area is 82.3 Å². The summed E-state index contributed by atoms with van der Waals surface area (Å²) in [6, 6.07) is 0. The molecule has 2 aliphatic rings. The Morgan fingerprint density at radius 2 is 2.46 bits per heavy atom. The fourth-order valence-electron chi connectivity index (χ4n) is 1.82. The van der Waals surface area contributed by atoms with Gasteiger partial charge in [0.05, 0.1) is 5.71 Å².